The molecule has 1 rings (SSSR count). The molecular weight excluding hydrogens is 282 g/mol. The summed E-state index contributed by atoms with van der Waals surface area (Å²) in [7, 11) is 0. The lowest BCUT2D eigenvalue weighted by Crippen LogP contribution is -2.28. The molecule has 0 aliphatic carbocycles. The van der Waals surface area contributed by atoms with E-state index in [-0.39, 0.29) is 11.9 Å². The number of amides is 1. The minimum atomic E-state index is -0.0431. The van der Waals surface area contributed by atoms with E-state index in [0.29, 0.717) is 5.57 Å². The Labute approximate surface area is 142 Å². The highest BCUT2D eigenvalue weighted by Gasteiger charge is 2.14. The summed E-state index contributed by atoms with van der Waals surface area (Å²) in [6.07, 6.45) is 11.5. The van der Waals surface area contributed by atoms with Gasteiger partial charge in [-0.2, -0.15) is 0 Å². The zero-order chi connectivity index (χ0) is 16.9. The third-order valence-electron chi connectivity index (χ3n) is 4.24. The molecule has 1 unspecified atom stereocenters. The third kappa shape index (κ3) is 8.59. The Morgan fingerprint density at radius 1 is 1.00 bits per heavy atom. The van der Waals surface area contributed by atoms with Gasteiger partial charge in [0.25, 0.3) is 0 Å². The lowest BCUT2D eigenvalue weighted by atomic mass is 9.99. The second-order valence-electron chi connectivity index (χ2n) is 6.48. The van der Waals surface area contributed by atoms with Gasteiger partial charge >= 0.3 is 0 Å². The number of rotatable bonds is 12. The zero-order valence-electron chi connectivity index (χ0n) is 14.9. The molecule has 0 saturated carbocycles. The molecule has 0 aromatic heterocycles. The lowest BCUT2D eigenvalue weighted by molar-refractivity contribution is -0.118. The first kappa shape index (κ1) is 19.5. The van der Waals surface area contributed by atoms with Crippen LogP contribution in [-0.4, -0.2) is 5.91 Å². The maximum atomic E-state index is 12.0. The third-order valence-corrected chi connectivity index (χ3v) is 4.24. The van der Waals surface area contributed by atoms with E-state index < -0.39 is 0 Å². The van der Waals surface area contributed by atoms with Crippen molar-refractivity contribution in [3.8, 4) is 0 Å². The topological polar surface area (TPSA) is 29.1 Å². The van der Waals surface area contributed by atoms with Crippen LogP contribution < -0.4 is 5.32 Å². The Morgan fingerprint density at radius 3 is 2.13 bits per heavy atom. The number of hydrogen-bond donors (Lipinski definition) is 1. The van der Waals surface area contributed by atoms with Crippen LogP contribution in [0.1, 0.15) is 83.2 Å². The van der Waals surface area contributed by atoms with Crippen LogP contribution in [0.3, 0.4) is 0 Å². The predicted molar refractivity (Wildman–Crippen MR) is 99.4 cm³/mol. The van der Waals surface area contributed by atoms with Gasteiger partial charge in [-0.15, -0.1) is 0 Å². The van der Waals surface area contributed by atoms with Crippen LogP contribution in [0.2, 0.25) is 0 Å². The molecule has 128 valence electrons. The summed E-state index contributed by atoms with van der Waals surface area (Å²) in [6, 6.07) is 10.4. The largest absolute Gasteiger partial charge is 0.346 e. The second kappa shape index (κ2) is 11.9. The highest BCUT2D eigenvalue weighted by atomic mass is 16.1. The van der Waals surface area contributed by atoms with Crippen molar-refractivity contribution in [2.45, 2.75) is 77.7 Å². The maximum Gasteiger partial charge on any atom is 0.246 e. The number of carbonyl (C=O) groups excluding carboxylic acids is 1. The summed E-state index contributed by atoms with van der Waals surface area (Å²) in [5, 5.41) is 3.11. The molecule has 1 atom stereocenters. The van der Waals surface area contributed by atoms with Crippen LogP contribution in [0.25, 0.3) is 0 Å². The van der Waals surface area contributed by atoms with E-state index in [1.54, 1.807) is 6.92 Å². The SMILES string of the molecule is C=C(C)C(=O)NC(CCCCCCCCCC)c1ccccc1. The van der Waals surface area contributed by atoms with E-state index >= 15 is 0 Å². The minimum Gasteiger partial charge on any atom is -0.346 e. The fourth-order valence-electron chi connectivity index (χ4n) is 2.77. The van der Waals surface area contributed by atoms with Crippen molar-refractivity contribution in [1.29, 1.82) is 0 Å². The summed E-state index contributed by atoms with van der Waals surface area (Å²) in [5.74, 6) is -0.0431. The smallest absolute Gasteiger partial charge is 0.246 e. The van der Waals surface area contributed by atoms with Crippen molar-refractivity contribution in [2.75, 3.05) is 0 Å². The van der Waals surface area contributed by atoms with Gasteiger partial charge in [-0.05, 0) is 18.9 Å². The van der Waals surface area contributed by atoms with Crippen molar-refractivity contribution in [1.82, 2.24) is 5.32 Å². The molecule has 1 aromatic rings. The first-order valence-electron chi connectivity index (χ1n) is 9.16. The van der Waals surface area contributed by atoms with Gasteiger partial charge in [0.1, 0.15) is 0 Å². The van der Waals surface area contributed by atoms with Crippen LogP contribution in [0.4, 0.5) is 0 Å². The molecule has 1 aromatic carbocycles. The Balaban J connectivity index is 2.36. The summed E-state index contributed by atoms with van der Waals surface area (Å²) in [4.78, 5) is 12.0. The molecule has 0 bridgehead atoms. The van der Waals surface area contributed by atoms with Gasteiger partial charge in [0.05, 0.1) is 6.04 Å². The summed E-state index contributed by atoms with van der Waals surface area (Å²) >= 11 is 0. The number of nitrogens with one attached hydrogen (secondary N) is 1. The summed E-state index contributed by atoms with van der Waals surface area (Å²) < 4.78 is 0. The van der Waals surface area contributed by atoms with Crippen LogP contribution in [0.15, 0.2) is 42.5 Å². The molecule has 0 aliphatic rings. The molecular formula is C21H33NO. The van der Waals surface area contributed by atoms with Crippen LogP contribution in [-0.2, 0) is 4.79 Å². The Bertz CT molecular complexity index is 452. The normalized spacial score (nSPS) is 11.9. The average Bonchev–Trinajstić information content (AvgIpc) is 2.56. The molecule has 0 radical (unpaired) electrons. The average molecular weight is 316 g/mol. The van der Waals surface area contributed by atoms with Crippen molar-refractivity contribution in [3.05, 3.63) is 48.0 Å². The molecule has 2 heteroatoms. The highest BCUT2D eigenvalue weighted by Crippen LogP contribution is 2.21. The van der Waals surface area contributed by atoms with Gasteiger partial charge in [-0.3, -0.25) is 4.79 Å². The summed E-state index contributed by atoms with van der Waals surface area (Å²) in [5.41, 5.74) is 1.76. The quantitative estimate of drug-likeness (QED) is 0.375. The van der Waals surface area contributed by atoms with Gasteiger partial charge < -0.3 is 5.32 Å². The Morgan fingerprint density at radius 2 is 1.57 bits per heavy atom. The van der Waals surface area contributed by atoms with Crippen molar-refractivity contribution in [2.24, 2.45) is 0 Å². The van der Waals surface area contributed by atoms with Gasteiger partial charge in [-0.1, -0.05) is 95.2 Å². The fourth-order valence-corrected chi connectivity index (χ4v) is 2.77. The van der Waals surface area contributed by atoms with Gasteiger partial charge in [0.15, 0.2) is 0 Å². The summed E-state index contributed by atoms with van der Waals surface area (Å²) in [6.45, 7) is 7.75. The van der Waals surface area contributed by atoms with Crippen molar-refractivity contribution < 1.29 is 4.79 Å². The van der Waals surface area contributed by atoms with E-state index in [4.69, 9.17) is 0 Å². The van der Waals surface area contributed by atoms with Crippen LogP contribution in [0.5, 0.6) is 0 Å². The second-order valence-corrected chi connectivity index (χ2v) is 6.48. The number of carbonyl (C=O) groups is 1. The van der Waals surface area contributed by atoms with E-state index in [2.05, 4.69) is 31.0 Å². The molecule has 0 aliphatic heterocycles. The van der Waals surface area contributed by atoms with Crippen LogP contribution in [0, 0.1) is 0 Å². The molecule has 23 heavy (non-hydrogen) atoms. The Hall–Kier alpha value is -1.57. The Kier molecular flexibility index (Phi) is 10.1. The molecule has 0 heterocycles. The molecule has 1 amide bonds. The van der Waals surface area contributed by atoms with Crippen molar-refractivity contribution in [3.63, 3.8) is 0 Å². The first-order chi connectivity index (χ1) is 11.1. The minimum absolute atomic E-state index is 0.0431. The zero-order valence-corrected chi connectivity index (χ0v) is 14.9. The standard InChI is InChI=1S/C21H33NO/c1-4-5-6-7-8-9-10-14-17-20(22-21(23)18(2)3)19-15-12-11-13-16-19/h11-13,15-16,20H,2,4-10,14,17H2,1,3H3,(H,22,23). The predicted octanol–water partition coefficient (Wildman–Crippen LogP) is 5.95. The number of hydrogen-bond acceptors (Lipinski definition) is 1. The van der Waals surface area contributed by atoms with E-state index in [1.807, 2.05) is 18.2 Å². The van der Waals surface area contributed by atoms with Crippen molar-refractivity contribution >= 4 is 5.91 Å². The number of benzene rings is 1. The van der Waals surface area contributed by atoms with E-state index in [9.17, 15) is 4.79 Å². The fraction of sp³-hybridized carbons (Fsp3) is 0.571. The maximum absolute atomic E-state index is 12.0. The molecule has 1 N–H and O–H groups in total. The van der Waals surface area contributed by atoms with Crippen LogP contribution >= 0.6 is 0 Å². The molecule has 0 spiro atoms. The van der Waals surface area contributed by atoms with E-state index in [0.717, 1.165) is 12.8 Å². The molecule has 0 fully saturated rings. The van der Waals surface area contributed by atoms with Gasteiger partial charge in [-0.25, -0.2) is 0 Å². The van der Waals surface area contributed by atoms with Gasteiger partial charge in [0, 0.05) is 5.57 Å². The highest BCUT2D eigenvalue weighted by molar-refractivity contribution is 5.92. The number of unbranched alkanes of at least 4 members (excludes halogenated alkanes) is 7. The monoisotopic (exact) mass is 315 g/mol. The first-order valence-corrected chi connectivity index (χ1v) is 9.16. The lowest BCUT2D eigenvalue weighted by Gasteiger charge is -2.19. The van der Waals surface area contributed by atoms with E-state index in [1.165, 1.54) is 50.5 Å². The van der Waals surface area contributed by atoms with Gasteiger partial charge in [0.2, 0.25) is 5.91 Å². The molecule has 0 saturated heterocycles. The molecule has 2 nitrogen and oxygen atoms in total.